The summed E-state index contributed by atoms with van der Waals surface area (Å²) in [4.78, 5) is 5.21. The van der Waals surface area contributed by atoms with E-state index in [4.69, 9.17) is 0 Å². The van der Waals surface area contributed by atoms with Gasteiger partial charge in [-0.25, -0.2) is 0 Å². The smallest absolute Gasteiger partial charge is 0.0372 e. The van der Waals surface area contributed by atoms with Crippen molar-refractivity contribution in [2.75, 3.05) is 36.0 Å². The summed E-state index contributed by atoms with van der Waals surface area (Å²) in [6.07, 6.45) is 7.71. The third-order valence-corrected chi connectivity index (χ3v) is 11.8. The van der Waals surface area contributed by atoms with Crippen LogP contribution < -0.4 is 9.80 Å². The zero-order valence-electron chi connectivity index (χ0n) is 29.8. The molecule has 2 aliphatic rings. The van der Waals surface area contributed by atoms with E-state index in [0.717, 1.165) is 26.2 Å². The van der Waals surface area contributed by atoms with Gasteiger partial charge in [-0.15, -0.1) is 0 Å². The second kappa shape index (κ2) is 13.2. The molecule has 2 saturated heterocycles. The summed E-state index contributed by atoms with van der Waals surface area (Å²) in [5.74, 6) is 0. The summed E-state index contributed by atoms with van der Waals surface area (Å²) in [5, 5.41) is 10.5. The second-order valence-corrected chi connectivity index (χ2v) is 15.0. The Morgan fingerprint density at radius 1 is 0.308 bits per heavy atom. The van der Waals surface area contributed by atoms with E-state index >= 15 is 0 Å². The van der Waals surface area contributed by atoms with Gasteiger partial charge in [0.1, 0.15) is 0 Å². The summed E-state index contributed by atoms with van der Waals surface area (Å²) < 4.78 is 0. The largest absolute Gasteiger partial charge is 0.372 e. The normalized spacial score (nSPS) is 15.2. The summed E-state index contributed by atoms with van der Waals surface area (Å²) in [5.41, 5.74) is 10.5. The molecule has 2 heteroatoms. The van der Waals surface area contributed by atoms with E-state index < -0.39 is 0 Å². The van der Waals surface area contributed by atoms with Crippen molar-refractivity contribution in [2.45, 2.75) is 38.5 Å². The van der Waals surface area contributed by atoms with Crippen LogP contribution >= 0.6 is 0 Å². The van der Waals surface area contributed by atoms with Crippen LogP contribution in [0.25, 0.3) is 76.5 Å². The number of hydrogen-bond acceptors (Lipinski definition) is 2. The zero-order chi connectivity index (χ0) is 34.4. The van der Waals surface area contributed by atoms with Gasteiger partial charge in [-0.2, -0.15) is 0 Å². The van der Waals surface area contributed by atoms with E-state index in [-0.39, 0.29) is 0 Å². The maximum atomic E-state index is 2.61. The van der Waals surface area contributed by atoms with Crippen molar-refractivity contribution < 1.29 is 0 Å². The molecule has 0 amide bonds. The van der Waals surface area contributed by atoms with E-state index in [1.165, 1.54) is 126 Å². The predicted molar refractivity (Wildman–Crippen MR) is 225 cm³/mol. The number of rotatable bonds is 5. The van der Waals surface area contributed by atoms with E-state index in [9.17, 15) is 0 Å². The van der Waals surface area contributed by atoms with Crippen molar-refractivity contribution in [3.63, 3.8) is 0 Å². The van der Waals surface area contributed by atoms with E-state index in [1.807, 2.05) is 0 Å². The van der Waals surface area contributed by atoms with Gasteiger partial charge in [0.2, 0.25) is 0 Å². The SMILES string of the molecule is c1ccc2cc(-c3c4ccc(N5CCCCC5)cc4c(-c4ccc(-c5cccc6ccccc56)cc4)c4ccc(N5CCCCC5)cc34)ccc2c1. The van der Waals surface area contributed by atoms with Gasteiger partial charge in [-0.05, 0) is 145 Å². The lowest BCUT2D eigenvalue weighted by atomic mass is 9.84. The molecule has 2 fully saturated rings. The lowest BCUT2D eigenvalue weighted by Gasteiger charge is -2.30. The molecule has 0 atom stereocenters. The van der Waals surface area contributed by atoms with Crippen LogP contribution in [-0.4, -0.2) is 26.2 Å². The van der Waals surface area contributed by atoms with Gasteiger partial charge in [0.05, 0.1) is 0 Å². The van der Waals surface area contributed by atoms with Gasteiger partial charge < -0.3 is 9.80 Å². The quantitative estimate of drug-likeness (QED) is 0.168. The highest BCUT2D eigenvalue weighted by Gasteiger charge is 2.21. The Bertz CT molecular complexity index is 2580. The average molecular weight is 673 g/mol. The van der Waals surface area contributed by atoms with Gasteiger partial charge in [0.25, 0.3) is 0 Å². The molecule has 0 unspecified atom stereocenters. The minimum absolute atomic E-state index is 1.13. The number of nitrogens with zero attached hydrogens (tertiary/aromatic N) is 2. The van der Waals surface area contributed by atoms with Crippen molar-refractivity contribution in [3.05, 3.63) is 146 Å². The third-order valence-electron chi connectivity index (χ3n) is 11.8. The Labute approximate surface area is 306 Å². The first-order chi connectivity index (χ1) is 25.8. The summed E-state index contributed by atoms with van der Waals surface area (Å²) in [6.45, 7) is 4.52. The van der Waals surface area contributed by atoms with Gasteiger partial charge in [-0.1, -0.05) is 115 Å². The molecule has 10 rings (SSSR count). The predicted octanol–water partition coefficient (Wildman–Crippen LogP) is 13.3. The highest BCUT2D eigenvalue weighted by Crippen LogP contribution is 2.47. The number of anilines is 2. The van der Waals surface area contributed by atoms with Crippen LogP contribution in [0.4, 0.5) is 11.4 Å². The highest BCUT2D eigenvalue weighted by atomic mass is 15.1. The molecule has 0 N–H and O–H groups in total. The molecule has 0 saturated carbocycles. The number of fused-ring (bicyclic) bond motifs is 4. The van der Waals surface area contributed by atoms with Crippen molar-refractivity contribution in [3.8, 4) is 33.4 Å². The molecular weight excluding hydrogens is 629 g/mol. The highest BCUT2D eigenvalue weighted by molar-refractivity contribution is 6.22. The van der Waals surface area contributed by atoms with Crippen molar-refractivity contribution in [1.29, 1.82) is 0 Å². The molecule has 2 heterocycles. The fourth-order valence-corrected chi connectivity index (χ4v) is 9.16. The minimum atomic E-state index is 1.13. The first-order valence-electron chi connectivity index (χ1n) is 19.4. The monoisotopic (exact) mass is 672 g/mol. The Kier molecular flexibility index (Phi) is 7.90. The lowest BCUT2D eigenvalue weighted by molar-refractivity contribution is 0.578. The van der Waals surface area contributed by atoms with Crippen molar-refractivity contribution in [2.24, 2.45) is 0 Å². The van der Waals surface area contributed by atoms with Gasteiger partial charge in [0.15, 0.2) is 0 Å². The van der Waals surface area contributed by atoms with Crippen LogP contribution in [-0.2, 0) is 0 Å². The first-order valence-corrected chi connectivity index (χ1v) is 19.4. The molecule has 0 bridgehead atoms. The van der Waals surface area contributed by atoms with Gasteiger partial charge in [-0.3, -0.25) is 0 Å². The molecular formula is C50H44N2. The van der Waals surface area contributed by atoms with E-state index in [2.05, 4.69) is 155 Å². The summed E-state index contributed by atoms with van der Waals surface area (Å²) in [6, 6.07) is 55.3. The molecule has 0 aliphatic carbocycles. The number of benzene rings is 8. The van der Waals surface area contributed by atoms with Crippen LogP contribution in [0.2, 0.25) is 0 Å². The zero-order valence-corrected chi connectivity index (χ0v) is 29.8. The van der Waals surface area contributed by atoms with Crippen LogP contribution in [0.1, 0.15) is 38.5 Å². The van der Waals surface area contributed by atoms with Crippen LogP contribution in [0.5, 0.6) is 0 Å². The van der Waals surface area contributed by atoms with Crippen LogP contribution in [0.15, 0.2) is 146 Å². The Balaban J connectivity index is 1.24. The third kappa shape index (κ3) is 5.49. The molecule has 2 aliphatic heterocycles. The van der Waals surface area contributed by atoms with Gasteiger partial charge in [0, 0.05) is 37.6 Å². The standard InChI is InChI=1S/C50H44N2/c1-7-28-51(29-8-1)41-25-27-46-47(33-41)49(38-21-19-37(20-22-38)44-17-11-15-36-13-5-6-16-43(36)44)45-26-24-42(52-30-9-2-10-31-52)34-48(45)50(46)40-23-18-35-12-3-4-14-39(35)32-40/h3-6,11-27,32-34H,1-2,7-10,28-31H2. The van der Waals surface area contributed by atoms with Crippen molar-refractivity contribution in [1.82, 2.24) is 0 Å². The molecule has 0 aromatic heterocycles. The molecule has 2 nitrogen and oxygen atoms in total. The molecule has 254 valence electrons. The number of hydrogen-bond donors (Lipinski definition) is 0. The maximum absolute atomic E-state index is 2.61. The van der Waals surface area contributed by atoms with E-state index in [0.29, 0.717) is 0 Å². The van der Waals surface area contributed by atoms with Crippen molar-refractivity contribution >= 4 is 54.5 Å². The van der Waals surface area contributed by atoms with E-state index in [1.54, 1.807) is 0 Å². The minimum Gasteiger partial charge on any atom is -0.372 e. The summed E-state index contributed by atoms with van der Waals surface area (Å²) in [7, 11) is 0. The Morgan fingerprint density at radius 2 is 0.827 bits per heavy atom. The topological polar surface area (TPSA) is 6.48 Å². The number of piperidine rings is 2. The average Bonchev–Trinajstić information content (AvgIpc) is 3.23. The Hall–Kier alpha value is -5.60. The lowest BCUT2D eigenvalue weighted by Crippen LogP contribution is -2.29. The van der Waals surface area contributed by atoms with Crippen LogP contribution in [0.3, 0.4) is 0 Å². The molecule has 8 aromatic rings. The summed E-state index contributed by atoms with van der Waals surface area (Å²) >= 11 is 0. The fourth-order valence-electron chi connectivity index (χ4n) is 9.16. The molecule has 0 spiro atoms. The molecule has 8 aromatic carbocycles. The molecule has 52 heavy (non-hydrogen) atoms. The second-order valence-electron chi connectivity index (χ2n) is 15.0. The van der Waals surface area contributed by atoms with Gasteiger partial charge >= 0.3 is 0 Å². The maximum Gasteiger partial charge on any atom is 0.0372 e. The molecule has 0 radical (unpaired) electrons. The Morgan fingerprint density at radius 3 is 1.48 bits per heavy atom. The first kappa shape index (κ1) is 31.2. The fraction of sp³-hybridized carbons (Fsp3) is 0.200. The van der Waals surface area contributed by atoms with Crippen LogP contribution in [0, 0.1) is 0 Å².